The highest BCUT2D eigenvalue weighted by atomic mass is 35.5. The van der Waals surface area contributed by atoms with E-state index in [1.54, 1.807) is 25.1 Å². The summed E-state index contributed by atoms with van der Waals surface area (Å²) in [6.45, 7) is 1.81. The molecule has 0 aliphatic carbocycles. The Balaban J connectivity index is 2.34. The number of para-hydroxylation sites is 1. The number of halogens is 2. The molecule has 2 aromatic rings. The van der Waals surface area contributed by atoms with Gasteiger partial charge in [0.25, 0.3) is 5.91 Å². The Morgan fingerprint density at radius 2 is 1.95 bits per heavy atom. The minimum atomic E-state index is -0.742. The third kappa shape index (κ3) is 2.69. The number of nitrogens with two attached hydrogens (primary N) is 1. The van der Waals surface area contributed by atoms with Gasteiger partial charge >= 0.3 is 0 Å². The second kappa shape index (κ2) is 5.28. The van der Waals surface area contributed by atoms with E-state index in [9.17, 15) is 9.18 Å². The quantitative estimate of drug-likeness (QED) is 0.824. The van der Waals surface area contributed by atoms with Gasteiger partial charge < -0.3 is 11.1 Å². The highest BCUT2D eigenvalue weighted by Gasteiger charge is 2.15. The summed E-state index contributed by atoms with van der Waals surface area (Å²) >= 11 is 5.64. The van der Waals surface area contributed by atoms with Gasteiger partial charge in [-0.2, -0.15) is 0 Å². The molecule has 0 heterocycles. The van der Waals surface area contributed by atoms with E-state index in [0.29, 0.717) is 11.4 Å². The van der Waals surface area contributed by atoms with Crippen molar-refractivity contribution in [1.29, 1.82) is 0 Å². The van der Waals surface area contributed by atoms with Crippen molar-refractivity contribution >= 4 is 28.9 Å². The van der Waals surface area contributed by atoms with Crippen LogP contribution in [0.15, 0.2) is 36.4 Å². The SMILES string of the molecule is Cc1cccc(N)c1NC(=O)c1cccc(Cl)c1F. The lowest BCUT2D eigenvalue weighted by Crippen LogP contribution is -2.15. The van der Waals surface area contributed by atoms with Crippen LogP contribution < -0.4 is 11.1 Å². The molecular weight excluding hydrogens is 267 g/mol. The maximum atomic E-state index is 13.7. The van der Waals surface area contributed by atoms with Gasteiger partial charge in [0, 0.05) is 0 Å². The first-order valence-electron chi connectivity index (χ1n) is 5.61. The number of carbonyl (C=O) groups is 1. The molecule has 0 unspecified atom stereocenters. The smallest absolute Gasteiger partial charge is 0.258 e. The molecule has 0 fully saturated rings. The zero-order valence-electron chi connectivity index (χ0n) is 10.2. The van der Waals surface area contributed by atoms with Crippen LogP contribution in [0, 0.1) is 12.7 Å². The molecule has 3 nitrogen and oxygen atoms in total. The van der Waals surface area contributed by atoms with Gasteiger partial charge in [0.1, 0.15) is 0 Å². The van der Waals surface area contributed by atoms with Gasteiger partial charge in [-0.3, -0.25) is 4.79 Å². The number of nitrogen functional groups attached to an aromatic ring is 1. The van der Waals surface area contributed by atoms with E-state index in [0.717, 1.165) is 5.56 Å². The predicted octanol–water partition coefficient (Wildman–Crippen LogP) is 3.62. The third-order valence-corrected chi connectivity index (χ3v) is 3.03. The highest BCUT2D eigenvalue weighted by molar-refractivity contribution is 6.31. The summed E-state index contributed by atoms with van der Waals surface area (Å²) in [5, 5.41) is 2.51. The van der Waals surface area contributed by atoms with Gasteiger partial charge in [-0.1, -0.05) is 29.8 Å². The number of hydrogen-bond donors (Lipinski definition) is 2. The first-order valence-corrected chi connectivity index (χ1v) is 5.99. The molecule has 0 bridgehead atoms. The largest absolute Gasteiger partial charge is 0.397 e. The Labute approximate surface area is 115 Å². The Morgan fingerprint density at radius 1 is 1.26 bits per heavy atom. The molecule has 0 saturated carbocycles. The molecule has 98 valence electrons. The van der Waals surface area contributed by atoms with Crippen molar-refractivity contribution in [2.45, 2.75) is 6.92 Å². The van der Waals surface area contributed by atoms with E-state index >= 15 is 0 Å². The second-order valence-electron chi connectivity index (χ2n) is 4.09. The third-order valence-electron chi connectivity index (χ3n) is 2.74. The van der Waals surface area contributed by atoms with E-state index in [1.165, 1.54) is 18.2 Å². The summed E-state index contributed by atoms with van der Waals surface area (Å²) in [6, 6.07) is 9.51. The minimum Gasteiger partial charge on any atom is -0.397 e. The Bertz CT molecular complexity index is 623. The molecule has 0 aromatic heterocycles. The average molecular weight is 279 g/mol. The van der Waals surface area contributed by atoms with Gasteiger partial charge in [-0.05, 0) is 30.7 Å². The van der Waals surface area contributed by atoms with E-state index < -0.39 is 11.7 Å². The summed E-state index contributed by atoms with van der Waals surface area (Å²) in [6.07, 6.45) is 0. The van der Waals surface area contributed by atoms with Crippen LogP contribution in [0.5, 0.6) is 0 Å². The van der Waals surface area contributed by atoms with Crippen molar-refractivity contribution in [3.63, 3.8) is 0 Å². The molecule has 2 rings (SSSR count). The molecule has 0 radical (unpaired) electrons. The maximum absolute atomic E-state index is 13.7. The van der Waals surface area contributed by atoms with Gasteiger partial charge in [0.2, 0.25) is 0 Å². The number of aryl methyl sites for hydroxylation is 1. The fraction of sp³-hybridized carbons (Fsp3) is 0.0714. The lowest BCUT2D eigenvalue weighted by molar-refractivity contribution is 0.102. The molecule has 0 spiro atoms. The Hall–Kier alpha value is -2.07. The monoisotopic (exact) mass is 278 g/mol. The number of carbonyl (C=O) groups excluding carboxylic acids is 1. The summed E-state index contributed by atoms with van der Waals surface area (Å²) in [5.41, 5.74) is 7.37. The molecule has 0 atom stereocenters. The van der Waals surface area contributed by atoms with Gasteiger partial charge in [-0.25, -0.2) is 4.39 Å². The van der Waals surface area contributed by atoms with Crippen LogP contribution in [0.1, 0.15) is 15.9 Å². The van der Waals surface area contributed by atoms with Crippen LogP contribution in [0.25, 0.3) is 0 Å². The van der Waals surface area contributed by atoms with Crippen LogP contribution in [0.2, 0.25) is 5.02 Å². The molecule has 0 saturated heterocycles. The van der Waals surface area contributed by atoms with Crippen LogP contribution in [0.4, 0.5) is 15.8 Å². The fourth-order valence-electron chi connectivity index (χ4n) is 1.72. The number of rotatable bonds is 2. The summed E-state index contributed by atoms with van der Waals surface area (Å²) < 4.78 is 13.7. The van der Waals surface area contributed by atoms with Crippen molar-refractivity contribution in [2.75, 3.05) is 11.1 Å². The number of benzene rings is 2. The first-order chi connectivity index (χ1) is 9.00. The number of hydrogen-bond acceptors (Lipinski definition) is 2. The van der Waals surface area contributed by atoms with Crippen molar-refractivity contribution < 1.29 is 9.18 Å². The van der Waals surface area contributed by atoms with Gasteiger partial charge in [-0.15, -0.1) is 0 Å². The first kappa shape index (κ1) is 13.4. The maximum Gasteiger partial charge on any atom is 0.258 e. The molecule has 5 heteroatoms. The molecule has 0 aliphatic rings. The molecule has 19 heavy (non-hydrogen) atoms. The average Bonchev–Trinajstić information content (AvgIpc) is 2.37. The van der Waals surface area contributed by atoms with E-state index in [2.05, 4.69) is 5.32 Å². The number of amides is 1. The van der Waals surface area contributed by atoms with Crippen LogP contribution in [-0.4, -0.2) is 5.91 Å². The van der Waals surface area contributed by atoms with E-state index in [4.69, 9.17) is 17.3 Å². The standard InChI is InChI=1S/C14H12ClFN2O/c1-8-4-2-7-11(17)13(8)18-14(19)9-5-3-6-10(15)12(9)16/h2-7H,17H2,1H3,(H,18,19). The fourth-order valence-corrected chi connectivity index (χ4v) is 1.90. The molecule has 0 aliphatic heterocycles. The van der Waals surface area contributed by atoms with E-state index in [1.807, 2.05) is 0 Å². The van der Waals surface area contributed by atoms with Crippen LogP contribution in [0.3, 0.4) is 0 Å². The van der Waals surface area contributed by atoms with Crippen LogP contribution >= 0.6 is 11.6 Å². The van der Waals surface area contributed by atoms with Crippen molar-refractivity contribution in [3.8, 4) is 0 Å². The second-order valence-corrected chi connectivity index (χ2v) is 4.50. The summed E-state index contributed by atoms with van der Waals surface area (Å²) in [5.74, 6) is -1.32. The van der Waals surface area contributed by atoms with Crippen molar-refractivity contribution in [2.24, 2.45) is 0 Å². The topological polar surface area (TPSA) is 55.1 Å². The van der Waals surface area contributed by atoms with Crippen LogP contribution in [-0.2, 0) is 0 Å². The molecule has 3 N–H and O–H groups in total. The van der Waals surface area contributed by atoms with Crippen molar-refractivity contribution in [1.82, 2.24) is 0 Å². The normalized spacial score (nSPS) is 10.3. The number of anilines is 2. The highest BCUT2D eigenvalue weighted by Crippen LogP contribution is 2.24. The molecule has 1 amide bonds. The zero-order valence-corrected chi connectivity index (χ0v) is 11.0. The predicted molar refractivity (Wildman–Crippen MR) is 75.0 cm³/mol. The van der Waals surface area contributed by atoms with Gasteiger partial charge in [0.15, 0.2) is 5.82 Å². The van der Waals surface area contributed by atoms with E-state index in [-0.39, 0.29) is 10.6 Å². The van der Waals surface area contributed by atoms with Crippen molar-refractivity contribution in [3.05, 3.63) is 58.4 Å². The zero-order chi connectivity index (χ0) is 14.0. The molecular formula is C14H12ClFN2O. The Morgan fingerprint density at radius 3 is 2.63 bits per heavy atom. The Kier molecular flexibility index (Phi) is 3.71. The minimum absolute atomic E-state index is 0.0922. The lowest BCUT2D eigenvalue weighted by Gasteiger charge is -2.11. The summed E-state index contributed by atoms with van der Waals surface area (Å²) in [7, 11) is 0. The van der Waals surface area contributed by atoms with Gasteiger partial charge in [0.05, 0.1) is 22.0 Å². The number of nitrogens with one attached hydrogen (secondary N) is 1. The summed E-state index contributed by atoms with van der Waals surface area (Å²) in [4.78, 5) is 12.0. The molecule has 2 aromatic carbocycles. The lowest BCUT2D eigenvalue weighted by atomic mass is 10.1.